The molecule has 3 N–H and O–H groups in total. The molecular weight excluding hydrogens is 335 g/mol. The average molecular weight is 349 g/mol. The van der Waals surface area contributed by atoms with Gasteiger partial charge in [0.15, 0.2) is 16.7 Å². The van der Waals surface area contributed by atoms with Gasteiger partial charge in [0.1, 0.15) is 5.69 Å². The van der Waals surface area contributed by atoms with E-state index < -0.39 is 17.8 Å². The summed E-state index contributed by atoms with van der Waals surface area (Å²) in [5.41, 5.74) is 1.16. The SMILES string of the molecule is CCn1c(SCC(=O)NN)nnc1-c1cc(C(F)(F)F)nn1C. The van der Waals surface area contributed by atoms with Gasteiger partial charge in [0.25, 0.3) is 0 Å². The minimum Gasteiger partial charge on any atom is -0.301 e. The van der Waals surface area contributed by atoms with Crippen LogP contribution in [0.1, 0.15) is 12.6 Å². The van der Waals surface area contributed by atoms with E-state index in [1.165, 1.54) is 7.05 Å². The molecule has 2 heterocycles. The first-order valence-corrected chi connectivity index (χ1v) is 7.43. The molecule has 0 fully saturated rings. The predicted molar refractivity (Wildman–Crippen MR) is 76.0 cm³/mol. The lowest BCUT2D eigenvalue weighted by molar-refractivity contribution is -0.141. The quantitative estimate of drug-likeness (QED) is 0.358. The number of nitrogens with two attached hydrogens (primary N) is 1. The second-order valence-electron chi connectivity index (χ2n) is 4.44. The van der Waals surface area contributed by atoms with Crippen molar-refractivity contribution in [1.29, 1.82) is 0 Å². The van der Waals surface area contributed by atoms with Crippen molar-refractivity contribution in [3.63, 3.8) is 0 Å². The van der Waals surface area contributed by atoms with Crippen LogP contribution in [0.25, 0.3) is 11.5 Å². The number of hydrogen-bond acceptors (Lipinski definition) is 6. The first-order valence-electron chi connectivity index (χ1n) is 6.45. The number of amides is 1. The monoisotopic (exact) mass is 349 g/mol. The summed E-state index contributed by atoms with van der Waals surface area (Å²) in [6, 6.07) is 0.914. The van der Waals surface area contributed by atoms with E-state index in [9.17, 15) is 18.0 Å². The fourth-order valence-corrected chi connectivity index (χ4v) is 2.67. The Morgan fingerprint density at radius 1 is 1.43 bits per heavy atom. The molecule has 0 saturated heterocycles. The maximum atomic E-state index is 12.8. The lowest BCUT2D eigenvalue weighted by Gasteiger charge is -2.06. The summed E-state index contributed by atoms with van der Waals surface area (Å²) in [5.74, 6) is 4.86. The molecule has 0 radical (unpaired) electrons. The van der Waals surface area contributed by atoms with Crippen molar-refractivity contribution in [3.8, 4) is 11.5 Å². The van der Waals surface area contributed by atoms with E-state index in [0.717, 1.165) is 22.5 Å². The van der Waals surface area contributed by atoms with E-state index in [-0.39, 0.29) is 17.3 Å². The van der Waals surface area contributed by atoms with Crippen LogP contribution in [0.2, 0.25) is 0 Å². The Kier molecular flexibility index (Phi) is 4.94. The minimum atomic E-state index is -4.54. The van der Waals surface area contributed by atoms with Gasteiger partial charge in [-0.15, -0.1) is 10.2 Å². The number of alkyl halides is 3. The summed E-state index contributed by atoms with van der Waals surface area (Å²) in [4.78, 5) is 11.2. The van der Waals surface area contributed by atoms with Gasteiger partial charge in [-0.2, -0.15) is 18.3 Å². The largest absolute Gasteiger partial charge is 0.435 e. The van der Waals surface area contributed by atoms with Crippen LogP contribution in [-0.2, 0) is 24.6 Å². The minimum absolute atomic E-state index is 0.0216. The van der Waals surface area contributed by atoms with Crippen LogP contribution >= 0.6 is 11.8 Å². The number of nitrogens with one attached hydrogen (secondary N) is 1. The molecule has 0 aliphatic rings. The van der Waals surface area contributed by atoms with Crippen molar-refractivity contribution in [3.05, 3.63) is 11.8 Å². The number of hydrazine groups is 1. The van der Waals surface area contributed by atoms with Crippen LogP contribution in [0.5, 0.6) is 0 Å². The third kappa shape index (κ3) is 3.64. The molecule has 126 valence electrons. The van der Waals surface area contributed by atoms with Crippen LogP contribution < -0.4 is 11.3 Å². The van der Waals surface area contributed by atoms with Crippen molar-refractivity contribution < 1.29 is 18.0 Å². The fraction of sp³-hybridized carbons (Fsp3) is 0.455. The van der Waals surface area contributed by atoms with E-state index in [1.807, 2.05) is 5.43 Å². The van der Waals surface area contributed by atoms with Crippen LogP contribution in [0.4, 0.5) is 13.2 Å². The zero-order valence-corrected chi connectivity index (χ0v) is 13.1. The molecule has 0 bridgehead atoms. The Morgan fingerprint density at radius 2 is 2.13 bits per heavy atom. The van der Waals surface area contributed by atoms with Gasteiger partial charge < -0.3 is 4.57 Å². The molecule has 0 aliphatic carbocycles. The molecule has 2 aromatic rings. The summed E-state index contributed by atoms with van der Waals surface area (Å²) >= 11 is 1.08. The molecule has 1 amide bonds. The molecule has 0 aromatic carbocycles. The standard InChI is InChI=1S/C11H14F3N7OS/c1-3-21-9(17-18-10(21)23-5-8(22)16-15)6-4-7(11(12,13)14)19-20(6)2/h4H,3,5,15H2,1-2H3,(H,16,22). The van der Waals surface area contributed by atoms with Crippen LogP contribution in [0, 0.1) is 0 Å². The number of halogens is 3. The number of thioether (sulfide) groups is 1. The zero-order chi connectivity index (χ0) is 17.2. The molecule has 2 aromatic heterocycles. The molecule has 23 heavy (non-hydrogen) atoms. The first-order chi connectivity index (χ1) is 10.8. The number of carbonyl (C=O) groups is 1. The third-order valence-electron chi connectivity index (χ3n) is 2.93. The van der Waals surface area contributed by atoms with Gasteiger partial charge in [-0.05, 0) is 13.0 Å². The van der Waals surface area contributed by atoms with Crippen molar-refractivity contribution in [1.82, 2.24) is 30.0 Å². The van der Waals surface area contributed by atoms with Crippen molar-refractivity contribution in [2.75, 3.05) is 5.75 Å². The molecule has 0 saturated carbocycles. The Hall–Kier alpha value is -2.08. The van der Waals surface area contributed by atoms with Gasteiger partial charge in [0, 0.05) is 13.6 Å². The summed E-state index contributed by atoms with van der Waals surface area (Å²) in [5, 5.41) is 11.7. The van der Waals surface area contributed by atoms with Gasteiger partial charge in [0.05, 0.1) is 5.75 Å². The van der Waals surface area contributed by atoms with E-state index in [4.69, 9.17) is 5.84 Å². The molecule has 0 spiro atoms. The Morgan fingerprint density at radius 3 is 2.65 bits per heavy atom. The summed E-state index contributed by atoms with van der Waals surface area (Å²) < 4.78 is 41.0. The Bertz CT molecular complexity index is 709. The molecule has 0 unspecified atom stereocenters. The van der Waals surface area contributed by atoms with Gasteiger partial charge in [-0.3, -0.25) is 14.9 Å². The van der Waals surface area contributed by atoms with E-state index in [1.54, 1.807) is 11.5 Å². The third-order valence-corrected chi connectivity index (χ3v) is 3.89. The van der Waals surface area contributed by atoms with Crippen molar-refractivity contribution in [2.45, 2.75) is 24.8 Å². The summed E-state index contributed by atoms with van der Waals surface area (Å²) in [7, 11) is 1.40. The van der Waals surface area contributed by atoms with Gasteiger partial charge in [-0.25, -0.2) is 5.84 Å². The second kappa shape index (κ2) is 6.58. The predicted octanol–water partition coefficient (Wildman–Crippen LogP) is 0.799. The second-order valence-corrected chi connectivity index (χ2v) is 5.39. The first kappa shape index (κ1) is 17.3. The van der Waals surface area contributed by atoms with Gasteiger partial charge >= 0.3 is 6.18 Å². The lowest BCUT2D eigenvalue weighted by Crippen LogP contribution is -2.31. The normalized spacial score (nSPS) is 11.7. The highest BCUT2D eigenvalue weighted by Crippen LogP contribution is 2.31. The van der Waals surface area contributed by atoms with Crippen molar-refractivity contribution >= 4 is 17.7 Å². The number of aromatic nitrogens is 5. The molecule has 8 nitrogen and oxygen atoms in total. The number of carbonyl (C=O) groups excluding carboxylic acids is 1. The maximum absolute atomic E-state index is 12.8. The zero-order valence-electron chi connectivity index (χ0n) is 12.3. The molecular formula is C11H14F3N7OS. The molecule has 0 aliphatic heterocycles. The topological polar surface area (TPSA) is 104 Å². The summed E-state index contributed by atoms with van der Waals surface area (Å²) in [6.45, 7) is 2.21. The van der Waals surface area contributed by atoms with Crippen LogP contribution in [0.3, 0.4) is 0 Å². The van der Waals surface area contributed by atoms with Gasteiger partial charge in [0.2, 0.25) is 5.91 Å². The highest BCUT2D eigenvalue weighted by molar-refractivity contribution is 7.99. The molecule has 12 heteroatoms. The molecule has 2 rings (SSSR count). The van der Waals surface area contributed by atoms with Crippen molar-refractivity contribution in [2.24, 2.45) is 12.9 Å². The van der Waals surface area contributed by atoms with E-state index in [2.05, 4.69) is 15.3 Å². The average Bonchev–Trinajstić information content (AvgIpc) is 3.06. The number of hydrogen-bond donors (Lipinski definition) is 2. The Balaban J connectivity index is 2.35. The summed E-state index contributed by atoms with van der Waals surface area (Å²) in [6.07, 6.45) is -4.54. The van der Waals surface area contributed by atoms with Gasteiger partial charge in [-0.1, -0.05) is 11.8 Å². The highest BCUT2D eigenvalue weighted by atomic mass is 32.2. The Labute approximate surface area is 133 Å². The smallest absolute Gasteiger partial charge is 0.301 e. The van der Waals surface area contributed by atoms with E-state index in [0.29, 0.717) is 11.7 Å². The van der Waals surface area contributed by atoms with E-state index >= 15 is 0 Å². The number of nitrogens with zero attached hydrogens (tertiary/aromatic N) is 5. The number of aryl methyl sites for hydroxylation is 1. The van der Waals surface area contributed by atoms with Crippen LogP contribution in [0.15, 0.2) is 11.2 Å². The fourth-order valence-electron chi connectivity index (χ4n) is 1.86. The highest BCUT2D eigenvalue weighted by Gasteiger charge is 2.35. The molecule has 0 atom stereocenters. The lowest BCUT2D eigenvalue weighted by atomic mass is 10.3. The van der Waals surface area contributed by atoms with Crippen LogP contribution in [-0.4, -0.2) is 36.2 Å². The maximum Gasteiger partial charge on any atom is 0.435 e. The number of rotatable bonds is 5.